The summed E-state index contributed by atoms with van der Waals surface area (Å²) in [4.78, 5) is 28.0. The Labute approximate surface area is 224 Å². The summed E-state index contributed by atoms with van der Waals surface area (Å²) in [6.07, 6.45) is 0. The Morgan fingerprint density at radius 1 is 0.895 bits per heavy atom. The molecule has 2 amide bonds. The third kappa shape index (κ3) is 6.98. The summed E-state index contributed by atoms with van der Waals surface area (Å²) in [6, 6.07) is 19.7. The third-order valence-electron chi connectivity index (χ3n) is 6.14. The predicted octanol–water partition coefficient (Wildman–Crippen LogP) is 4.52. The van der Waals surface area contributed by atoms with Gasteiger partial charge in [-0.3, -0.25) is 13.9 Å². The molecule has 38 heavy (non-hydrogen) atoms. The Kier molecular flexibility index (Phi) is 9.63. The summed E-state index contributed by atoms with van der Waals surface area (Å²) < 4.78 is 43.1. The summed E-state index contributed by atoms with van der Waals surface area (Å²) in [5, 5.41) is 2.81. The second-order valence-electron chi connectivity index (χ2n) is 9.54. The molecule has 0 unspecified atom stereocenters. The van der Waals surface area contributed by atoms with E-state index in [0.717, 1.165) is 4.31 Å². The number of halogens is 1. The fourth-order valence-electron chi connectivity index (χ4n) is 3.92. The van der Waals surface area contributed by atoms with Gasteiger partial charge in [0.25, 0.3) is 10.0 Å². The molecule has 9 heteroatoms. The largest absolute Gasteiger partial charge is 0.354 e. The van der Waals surface area contributed by atoms with Gasteiger partial charge in [-0.15, -0.1) is 0 Å². The number of hydrogen-bond acceptors (Lipinski definition) is 4. The second kappa shape index (κ2) is 12.7. The summed E-state index contributed by atoms with van der Waals surface area (Å²) >= 11 is 0. The Hall–Kier alpha value is -3.72. The van der Waals surface area contributed by atoms with Gasteiger partial charge in [-0.1, -0.05) is 68.4 Å². The van der Waals surface area contributed by atoms with Gasteiger partial charge in [0.05, 0.1) is 10.6 Å². The van der Waals surface area contributed by atoms with Crippen molar-refractivity contribution in [1.82, 2.24) is 10.2 Å². The molecule has 0 aliphatic heterocycles. The molecule has 1 atom stereocenters. The van der Waals surface area contributed by atoms with Crippen molar-refractivity contribution in [2.45, 2.75) is 45.2 Å². The third-order valence-corrected chi connectivity index (χ3v) is 7.92. The quantitative estimate of drug-likeness (QED) is 0.388. The minimum Gasteiger partial charge on any atom is -0.354 e. The van der Waals surface area contributed by atoms with Crippen molar-refractivity contribution in [1.29, 1.82) is 0 Å². The topological polar surface area (TPSA) is 86.8 Å². The molecular weight excluding hydrogens is 505 g/mol. The second-order valence-corrected chi connectivity index (χ2v) is 11.4. The van der Waals surface area contributed by atoms with Gasteiger partial charge in [-0.2, -0.15) is 0 Å². The van der Waals surface area contributed by atoms with Crippen LogP contribution in [-0.4, -0.2) is 44.3 Å². The van der Waals surface area contributed by atoms with Gasteiger partial charge >= 0.3 is 0 Å². The Morgan fingerprint density at radius 3 is 2.13 bits per heavy atom. The number of hydrogen-bond donors (Lipinski definition) is 1. The first-order chi connectivity index (χ1) is 18.0. The molecule has 0 heterocycles. The molecule has 3 aromatic rings. The van der Waals surface area contributed by atoms with Crippen LogP contribution in [0.15, 0.2) is 83.8 Å². The highest BCUT2D eigenvalue weighted by Crippen LogP contribution is 2.27. The Balaban J connectivity index is 2.02. The first-order valence-electron chi connectivity index (χ1n) is 12.5. The monoisotopic (exact) mass is 539 g/mol. The van der Waals surface area contributed by atoms with E-state index in [1.54, 1.807) is 62.4 Å². The molecule has 1 N–H and O–H groups in total. The van der Waals surface area contributed by atoms with E-state index >= 15 is 0 Å². The fourth-order valence-corrected chi connectivity index (χ4v) is 5.42. The van der Waals surface area contributed by atoms with Gasteiger partial charge in [0.15, 0.2) is 0 Å². The van der Waals surface area contributed by atoms with Crippen LogP contribution in [0.5, 0.6) is 0 Å². The molecule has 3 aromatic carbocycles. The minimum atomic E-state index is -4.14. The molecule has 0 aliphatic carbocycles. The summed E-state index contributed by atoms with van der Waals surface area (Å²) in [5.41, 5.74) is 1.22. The molecular formula is C29H34FN3O4S. The zero-order chi connectivity index (χ0) is 27.9. The Morgan fingerprint density at radius 2 is 1.50 bits per heavy atom. The predicted molar refractivity (Wildman–Crippen MR) is 146 cm³/mol. The molecule has 0 aromatic heterocycles. The molecule has 0 saturated carbocycles. The maximum Gasteiger partial charge on any atom is 0.264 e. The van der Waals surface area contributed by atoms with Crippen LogP contribution in [0.2, 0.25) is 0 Å². The van der Waals surface area contributed by atoms with Crippen LogP contribution in [0.3, 0.4) is 0 Å². The van der Waals surface area contributed by atoms with E-state index in [1.165, 1.54) is 35.2 Å². The first-order valence-corrected chi connectivity index (χ1v) is 13.9. The highest BCUT2D eigenvalue weighted by Gasteiger charge is 2.33. The SMILES string of the molecule is Cc1ccccc1N(CC(=O)N(Cc1ccccc1F)[C@@H](C)C(=O)NCC(C)C)S(=O)(=O)c1ccccc1. The number of aryl methyl sites for hydroxylation is 1. The summed E-state index contributed by atoms with van der Waals surface area (Å²) in [6.45, 7) is 6.84. The van der Waals surface area contributed by atoms with Crippen molar-refractivity contribution in [3.05, 3.63) is 95.8 Å². The van der Waals surface area contributed by atoms with E-state index in [0.29, 0.717) is 17.8 Å². The standard InChI is InChI=1S/C29H34FN3O4S/c1-21(2)18-31-29(35)23(4)32(19-24-13-9-10-16-26(24)30)28(34)20-33(27-17-11-8-12-22(27)3)38(36,37)25-14-6-5-7-15-25/h5-17,21,23H,18-20H2,1-4H3,(H,31,35)/t23-/m0/s1. The normalized spacial score (nSPS) is 12.2. The lowest BCUT2D eigenvalue weighted by molar-refractivity contribution is -0.139. The number of sulfonamides is 1. The van der Waals surface area contributed by atoms with Crippen molar-refractivity contribution in [3.8, 4) is 0 Å². The molecule has 0 aliphatic rings. The lowest BCUT2D eigenvalue weighted by atomic mass is 10.1. The lowest BCUT2D eigenvalue weighted by Crippen LogP contribution is -2.51. The van der Waals surface area contributed by atoms with Crippen LogP contribution in [0.4, 0.5) is 10.1 Å². The number of anilines is 1. The molecule has 202 valence electrons. The molecule has 3 rings (SSSR count). The Bertz CT molecular complexity index is 1360. The van der Waals surface area contributed by atoms with Crippen molar-refractivity contribution in [3.63, 3.8) is 0 Å². The summed E-state index contributed by atoms with van der Waals surface area (Å²) in [5.74, 6) is -1.37. The van der Waals surface area contributed by atoms with Crippen LogP contribution in [0.25, 0.3) is 0 Å². The molecule has 7 nitrogen and oxygen atoms in total. The van der Waals surface area contributed by atoms with Crippen LogP contribution in [-0.2, 0) is 26.2 Å². The maximum atomic E-state index is 14.6. The zero-order valence-corrected chi connectivity index (χ0v) is 22.9. The van der Waals surface area contributed by atoms with E-state index in [4.69, 9.17) is 0 Å². The van der Waals surface area contributed by atoms with Gasteiger partial charge < -0.3 is 10.2 Å². The molecule has 0 fully saturated rings. The van der Waals surface area contributed by atoms with Gasteiger partial charge in [-0.05, 0) is 49.6 Å². The van der Waals surface area contributed by atoms with Gasteiger partial charge in [-0.25, -0.2) is 12.8 Å². The van der Waals surface area contributed by atoms with Gasteiger partial charge in [0, 0.05) is 18.7 Å². The van der Waals surface area contributed by atoms with Gasteiger partial charge in [0.1, 0.15) is 18.4 Å². The first kappa shape index (κ1) is 28.8. The number of para-hydroxylation sites is 1. The van der Waals surface area contributed by atoms with Crippen LogP contribution >= 0.6 is 0 Å². The van der Waals surface area contributed by atoms with E-state index in [2.05, 4.69) is 5.32 Å². The average Bonchev–Trinajstić information content (AvgIpc) is 2.90. The number of nitrogens with zero attached hydrogens (tertiary/aromatic N) is 2. The van der Waals surface area contributed by atoms with Crippen molar-refractivity contribution in [2.75, 3.05) is 17.4 Å². The van der Waals surface area contributed by atoms with Crippen LogP contribution in [0, 0.1) is 18.7 Å². The highest BCUT2D eigenvalue weighted by atomic mass is 32.2. The van der Waals surface area contributed by atoms with Gasteiger partial charge in [0.2, 0.25) is 11.8 Å². The number of amides is 2. The van der Waals surface area contributed by atoms with Crippen molar-refractivity contribution in [2.24, 2.45) is 5.92 Å². The highest BCUT2D eigenvalue weighted by molar-refractivity contribution is 7.92. The molecule has 0 radical (unpaired) electrons. The van der Waals surface area contributed by atoms with E-state index < -0.39 is 40.2 Å². The lowest BCUT2D eigenvalue weighted by Gasteiger charge is -2.32. The number of rotatable bonds is 11. The smallest absolute Gasteiger partial charge is 0.264 e. The van der Waals surface area contributed by atoms with E-state index in [9.17, 15) is 22.4 Å². The fraction of sp³-hybridized carbons (Fsp3) is 0.310. The maximum absolute atomic E-state index is 14.6. The zero-order valence-electron chi connectivity index (χ0n) is 22.1. The number of carbonyl (C=O) groups excluding carboxylic acids is 2. The van der Waals surface area contributed by atoms with Crippen molar-refractivity contribution >= 4 is 27.5 Å². The molecule has 0 spiro atoms. The minimum absolute atomic E-state index is 0.0273. The average molecular weight is 540 g/mol. The number of benzene rings is 3. The summed E-state index contributed by atoms with van der Waals surface area (Å²) in [7, 11) is -4.14. The number of nitrogens with one attached hydrogen (secondary N) is 1. The van der Waals surface area contributed by atoms with E-state index in [1.807, 2.05) is 13.8 Å². The van der Waals surface area contributed by atoms with Crippen LogP contribution < -0.4 is 9.62 Å². The van der Waals surface area contributed by atoms with Crippen molar-refractivity contribution < 1.29 is 22.4 Å². The van der Waals surface area contributed by atoms with E-state index in [-0.39, 0.29) is 22.9 Å². The van der Waals surface area contributed by atoms with Crippen LogP contribution in [0.1, 0.15) is 31.9 Å². The number of carbonyl (C=O) groups is 2. The molecule has 0 saturated heterocycles. The molecule has 0 bridgehead atoms.